The highest BCUT2D eigenvalue weighted by Crippen LogP contribution is 2.49. The van der Waals surface area contributed by atoms with Crippen molar-refractivity contribution in [3.63, 3.8) is 0 Å². The molecule has 1 saturated carbocycles. The molecule has 0 spiro atoms. The van der Waals surface area contributed by atoms with Crippen LogP contribution in [0.15, 0.2) is 42.6 Å². The van der Waals surface area contributed by atoms with Crippen LogP contribution in [-0.4, -0.2) is 36.1 Å². The second-order valence-corrected chi connectivity index (χ2v) is 6.19. The van der Waals surface area contributed by atoms with Gasteiger partial charge in [-0.15, -0.1) is 0 Å². The molecule has 1 aliphatic carbocycles. The maximum absolute atomic E-state index is 13.9. The molecule has 1 heterocycles. The minimum Gasteiger partial charge on any atom is -0.383 e. The maximum atomic E-state index is 13.9. The summed E-state index contributed by atoms with van der Waals surface area (Å²) in [6.07, 6.45) is 2.26. The number of carbonyl (C=O) groups is 1. The Bertz CT molecular complexity index is 739. The number of pyridine rings is 1. The van der Waals surface area contributed by atoms with Crippen molar-refractivity contribution in [3.8, 4) is 0 Å². The van der Waals surface area contributed by atoms with Gasteiger partial charge in [-0.25, -0.2) is 8.78 Å². The first-order valence-electron chi connectivity index (χ1n) is 8.22. The first kappa shape index (κ1) is 17.5. The zero-order chi connectivity index (χ0) is 17.8. The molecule has 2 atom stereocenters. The van der Waals surface area contributed by atoms with Crippen LogP contribution in [0.4, 0.5) is 8.78 Å². The first-order valence-corrected chi connectivity index (χ1v) is 8.22. The van der Waals surface area contributed by atoms with Crippen LogP contribution in [0.1, 0.15) is 23.6 Å². The fourth-order valence-corrected chi connectivity index (χ4v) is 3.00. The topological polar surface area (TPSA) is 42.4 Å². The van der Waals surface area contributed by atoms with E-state index in [0.717, 1.165) is 11.8 Å². The highest BCUT2D eigenvalue weighted by Gasteiger charge is 2.46. The molecular weight excluding hydrogens is 326 g/mol. The van der Waals surface area contributed by atoms with Gasteiger partial charge in [-0.3, -0.25) is 9.78 Å². The third kappa shape index (κ3) is 4.20. The zero-order valence-electron chi connectivity index (χ0n) is 14.0. The fraction of sp³-hybridized carbons (Fsp3) is 0.368. The van der Waals surface area contributed by atoms with Gasteiger partial charge >= 0.3 is 0 Å². The molecule has 0 unspecified atom stereocenters. The van der Waals surface area contributed by atoms with Crippen LogP contribution >= 0.6 is 0 Å². The Labute approximate surface area is 145 Å². The highest BCUT2D eigenvalue weighted by molar-refractivity contribution is 5.83. The number of nitrogens with zero attached hydrogens (tertiary/aromatic N) is 2. The lowest BCUT2D eigenvalue weighted by atomic mass is 10.1. The molecule has 0 N–H and O–H groups in total. The van der Waals surface area contributed by atoms with Crippen molar-refractivity contribution >= 4 is 5.91 Å². The lowest BCUT2D eigenvalue weighted by Gasteiger charge is -2.22. The summed E-state index contributed by atoms with van der Waals surface area (Å²) in [6.45, 7) is 1.25. The van der Waals surface area contributed by atoms with E-state index in [4.69, 9.17) is 4.74 Å². The van der Waals surface area contributed by atoms with E-state index in [1.165, 1.54) is 12.1 Å². The number of aromatic nitrogens is 1. The minimum atomic E-state index is -0.610. The monoisotopic (exact) mass is 346 g/mol. The molecule has 0 radical (unpaired) electrons. The number of hydrogen-bond donors (Lipinski definition) is 0. The van der Waals surface area contributed by atoms with E-state index >= 15 is 0 Å². The number of rotatable bonds is 7. The third-order valence-electron chi connectivity index (χ3n) is 4.43. The number of hydrogen-bond acceptors (Lipinski definition) is 3. The predicted molar refractivity (Wildman–Crippen MR) is 88.7 cm³/mol. The Balaban J connectivity index is 1.70. The Kier molecular flexibility index (Phi) is 5.38. The number of benzene rings is 1. The van der Waals surface area contributed by atoms with Crippen LogP contribution in [0.5, 0.6) is 0 Å². The van der Waals surface area contributed by atoms with Crippen LogP contribution in [-0.2, 0) is 16.1 Å². The fourth-order valence-electron chi connectivity index (χ4n) is 3.00. The smallest absolute Gasteiger partial charge is 0.226 e. The number of methoxy groups -OCH3 is 1. The van der Waals surface area contributed by atoms with Crippen molar-refractivity contribution in [2.45, 2.75) is 18.9 Å². The van der Waals surface area contributed by atoms with Crippen molar-refractivity contribution in [2.75, 3.05) is 20.3 Å². The van der Waals surface area contributed by atoms with E-state index in [-0.39, 0.29) is 17.7 Å². The Morgan fingerprint density at radius 2 is 2.16 bits per heavy atom. The predicted octanol–water partition coefficient (Wildman–Crippen LogP) is 3.14. The molecular formula is C19H20F2N2O2. The van der Waals surface area contributed by atoms with Gasteiger partial charge in [0.15, 0.2) is 0 Å². The SMILES string of the molecule is COCCN(Cc1ccccn1)C(=O)[C@@H]1C[C@@H]1c1ccc(F)cc1F. The summed E-state index contributed by atoms with van der Waals surface area (Å²) in [5, 5.41) is 0. The van der Waals surface area contributed by atoms with Crippen molar-refractivity contribution in [3.05, 3.63) is 65.5 Å². The second-order valence-electron chi connectivity index (χ2n) is 6.19. The van der Waals surface area contributed by atoms with Crippen molar-refractivity contribution in [1.29, 1.82) is 0 Å². The molecule has 1 amide bonds. The molecule has 0 saturated heterocycles. The van der Waals surface area contributed by atoms with Crippen LogP contribution in [0.25, 0.3) is 0 Å². The molecule has 25 heavy (non-hydrogen) atoms. The molecule has 3 rings (SSSR count). The van der Waals surface area contributed by atoms with Gasteiger partial charge in [0.25, 0.3) is 0 Å². The van der Waals surface area contributed by atoms with Crippen LogP contribution in [0.2, 0.25) is 0 Å². The van der Waals surface area contributed by atoms with Gasteiger partial charge in [0, 0.05) is 31.8 Å². The standard InChI is InChI=1S/C19H20F2N2O2/c1-25-9-8-23(12-14-4-2-3-7-22-14)19(24)17-11-16(17)15-6-5-13(20)10-18(15)21/h2-7,10,16-17H,8-9,11-12H2,1H3/t16-,17-/m1/s1. The number of halogens is 2. The van der Waals surface area contributed by atoms with Crippen LogP contribution in [0.3, 0.4) is 0 Å². The van der Waals surface area contributed by atoms with Gasteiger partial charge < -0.3 is 9.64 Å². The lowest BCUT2D eigenvalue weighted by molar-refractivity contribution is -0.134. The summed E-state index contributed by atoms with van der Waals surface area (Å²) < 4.78 is 32.1. The molecule has 1 fully saturated rings. The quantitative estimate of drug-likeness (QED) is 0.773. The highest BCUT2D eigenvalue weighted by atomic mass is 19.1. The average molecular weight is 346 g/mol. The van der Waals surface area contributed by atoms with Gasteiger partial charge in [0.1, 0.15) is 11.6 Å². The Morgan fingerprint density at radius 3 is 2.84 bits per heavy atom. The normalized spacial score (nSPS) is 18.8. The molecule has 0 bridgehead atoms. The van der Waals surface area contributed by atoms with Crippen LogP contribution in [0, 0.1) is 17.6 Å². The summed E-state index contributed by atoms with van der Waals surface area (Å²) in [7, 11) is 1.58. The van der Waals surface area contributed by atoms with Gasteiger partial charge in [0.05, 0.1) is 18.8 Å². The third-order valence-corrected chi connectivity index (χ3v) is 4.43. The van der Waals surface area contributed by atoms with Gasteiger partial charge in [-0.1, -0.05) is 12.1 Å². The summed E-state index contributed by atoms with van der Waals surface area (Å²) in [6, 6.07) is 9.08. The largest absolute Gasteiger partial charge is 0.383 e. The van der Waals surface area contributed by atoms with E-state index < -0.39 is 11.6 Å². The number of ether oxygens (including phenoxy) is 1. The minimum absolute atomic E-state index is 0.0450. The van der Waals surface area contributed by atoms with Crippen molar-refractivity contribution in [1.82, 2.24) is 9.88 Å². The molecule has 1 aromatic carbocycles. The molecule has 4 nitrogen and oxygen atoms in total. The molecule has 2 aromatic rings. The molecule has 132 valence electrons. The number of carbonyl (C=O) groups excluding carboxylic acids is 1. The van der Waals surface area contributed by atoms with E-state index in [1.807, 2.05) is 18.2 Å². The zero-order valence-corrected chi connectivity index (χ0v) is 14.0. The average Bonchev–Trinajstić information content (AvgIpc) is 3.39. The van der Waals surface area contributed by atoms with Gasteiger partial charge in [-0.05, 0) is 36.1 Å². The Hall–Kier alpha value is -2.34. The summed E-state index contributed by atoms with van der Waals surface area (Å²) >= 11 is 0. The molecule has 6 heteroatoms. The van der Waals surface area contributed by atoms with Gasteiger partial charge in [0.2, 0.25) is 5.91 Å². The van der Waals surface area contributed by atoms with E-state index in [1.54, 1.807) is 18.2 Å². The molecule has 1 aromatic heterocycles. The number of amides is 1. The van der Waals surface area contributed by atoms with Crippen molar-refractivity contribution in [2.24, 2.45) is 5.92 Å². The molecule has 1 aliphatic rings. The summed E-state index contributed by atoms with van der Waals surface area (Å²) in [5.74, 6) is -1.71. The van der Waals surface area contributed by atoms with Crippen LogP contribution < -0.4 is 0 Å². The summed E-state index contributed by atoms with van der Waals surface area (Å²) in [5.41, 5.74) is 1.20. The maximum Gasteiger partial charge on any atom is 0.226 e. The van der Waals surface area contributed by atoms with E-state index in [9.17, 15) is 13.6 Å². The Morgan fingerprint density at radius 1 is 1.32 bits per heavy atom. The first-order chi connectivity index (χ1) is 12.1. The van der Waals surface area contributed by atoms with Crippen molar-refractivity contribution < 1.29 is 18.3 Å². The van der Waals surface area contributed by atoms with E-state index in [0.29, 0.717) is 31.7 Å². The lowest BCUT2D eigenvalue weighted by Crippen LogP contribution is -2.35. The second kappa shape index (κ2) is 7.70. The van der Waals surface area contributed by atoms with E-state index in [2.05, 4.69) is 4.98 Å². The van der Waals surface area contributed by atoms with Gasteiger partial charge in [-0.2, -0.15) is 0 Å². The molecule has 0 aliphatic heterocycles. The summed E-state index contributed by atoms with van der Waals surface area (Å²) in [4.78, 5) is 18.8.